The number of nitrogens with zero attached hydrogens (tertiary/aromatic N) is 9. The van der Waals surface area contributed by atoms with E-state index in [2.05, 4.69) is 175 Å². The molecule has 0 bridgehead atoms. The van der Waals surface area contributed by atoms with E-state index in [1.54, 1.807) is 45.8 Å². The molecule has 0 atom stereocenters. The van der Waals surface area contributed by atoms with Crippen LogP contribution in [0.25, 0.3) is 156 Å². The van der Waals surface area contributed by atoms with Crippen molar-refractivity contribution in [2.45, 2.75) is 19.6 Å². The Bertz CT molecular complexity index is 6470. The molecule has 19 heteroatoms. The van der Waals surface area contributed by atoms with Crippen molar-refractivity contribution in [3.8, 4) is 51.2 Å². The summed E-state index contributed by atoms with van der Waals surface area (Å²) in [5, 5.41) is 12.2. The lowest BCUT2D eigenvalue weighted by Gasteiger charge is -2.18. The summed E-state index contributed by atoms with van der Waals surface area (Å²) in [7, 11) is 0. The van der Waals surface area contributed by atoms with Crippen LogP contribution in [0.5, 0.6) is 0 Å². The van der Waals surface area contributed by atoms with Crippen molar-refractivity contribution in [3.05, 3.63) is 294 Å². The fourth-order valence-electron chi connectivity index (χ4n) is 12.6. The van der Waals surface area contributed by atoms with Gasteiger partial charge in [0.1, 0.15) is 40.7 Å². The number of fused-ring (bicyclic) bond motifs is 17. The topological polar surface area (TPSA) is 121 Å². The second kappa shape index (κ2) is 26.8. The van der Waals surface area contributed by atoms with Gasteiger partial charge in [-0.25, -0.2) is 34.9 Å². The number of halogens is 4. The minimum Gasteiger partial charge on any atom is -0.438 e. The monoisotopic (exact) mass is 1470 g/mol. The quantitative estimate of drug-likeness (QED) is 0.153. The van der Waals surface area contributed by atoms with Gasteiger partial charge in [-0.1, -0.05) is 252 Å². The highest BCUT2D eigenvalue weighted by Gasteiger charge is 2.22. The molecule has 0 fully saturated rings. The molecule has 0 saturated carbocycles. The maximum absolute atomic E-state index is 6.68. The molecule has 0 unspecified atom stereocenters. The number of aromatic nitrogens is 9. The Balaban J connectivity index is 0.0000000990. The summed E-state index contributed by atoms with van der Waals surface area (Å²) in [6, 6.07) is 92.3. The summed E-state index contributed by atoms with van der Waals surface area (Å²) in [6.07, 6.45) is 0. The van der Waals surface area contributed by atoms with Gasteiger partial charge in [-0.15, -0.1) is 34.0 Å². The normalized spacial score (nSPS) is 11.9. The van der Waals surface area contributed by atoms with Crippen molar-refractivity contribution in [2.24, 2.45) is 0 Å². The zero-order chi connectivity index (χ0) is 67.7. The number of benzene rings is 11. The smallest absolute Gasteiger partial charge is 0.232 e. The largest absolute Gasteiger partial charge is 0.438 e. The maximum atomic E-state index is 6.68. The molecule has 0 spiro atoms. The first-order valence-electron chi connectivity index (χ1n) is 31.9. The molecule has 9 aromatic heterocycles. The molecular weight excluding hydrogens is 1430 g/mol. The van der Waals surface area contributed by atoms with E-state index in [0.717, 1.165) is 96.6 Å². The molecule has 482 valence electrons. The number of hydrogen-bond acceptors (Lipinski definition) is 14. The zero-order valence-corrected chi connectivity index (χ0v) is 59.6. The van der Waals surface area contributed by atoms with Crippen molar-refractivity contribution in [3.63, 3.8) is 0 Å². The van der Waals surface area contributed by atoms with Gasteiger partial charge in [0.15, 0.2) is 23.3 Å². The van der Waals surface area contributed by atoms with E-state index in [4.69, 9.17) is 65.8 Å². The average Bonchev–Trinajstić information content (AvgIpc) is 1.72. The lowest BCUT2D eigenvalue weighted by Crippen LogP contribution is -1.93. The third kappa shape index (κ3) is 11.9. The van der Waals surface area contributed by atoms with E-state index in [1.807, 2.05) is 139 Å². The van der Waals surface area contributed by atoms with Crippen molar-refractivity contribution in [1.29, 1.82) is 0 Å². The standard InChI is InChI=1S/C28H16ClN3S.C22H11ClN2S3.C16H9ClN2O.C16H9ClN2S/c29-26-25-20-11-5-7-13-24(20)33-28(25)31-27(30-26)17-14-15-23-21(16-17)19-10-4-6-12-22(19)32(23)18-8-2-1-3-9-18;23-20-19-13-5-1-2-6-14(13)28-22(19)25-21(24-20)12-9-10-17-18(11-12)27-16-8-4-3-7-15(16)26-17;2*17-14-13-11-8-4-5-9-12(11)20-16(13)19-15(18-14)10-6-2-1-3-7-10/h1-16H;1-11H;2*1-9H. The minimum absolute atomic E-state index is 0.416. The average molecular weight is 1470 g/mol. The molecule has 0 N–H and O–H groups in total. The highest BCUT2D eigenvalue weighted by atomic mass is 35.5. The molecule has 21 rings (SSSR count). The van der Waals surface area contributed by atoms with Crippen LogP contribution >= 0.6 is 104 Å². The van der Waals surface area contributed by atoms with E-state index < -0.39 is 0 Å². The van der Waals surface area contributed by atoms with Gasteiger partial charge >= 0.3 is 0 Å². The van der Waals surface area contributed by atoms with Crippen LogP contribution in [0, 0.1) is 0 Å². The Hall–Kier alpha value is -10.1. The van der Waals surface area contributed by atoms with E-state index in [1.165, 1.54) is 50.0 Å². The summed E-state index contributed by atoms with van der Waals surface area (Å²) in [4.78, 5) is 45.0. The highest BCUT2D eigenvalue weighted by Crippen LogP contribution is 2.50. The molecule has 101 heavy (non-hydrogen) atoms. The fraction of sp³-hybridized carbons (Fsp3) is 0. The molecule has 0 aliphatic carbocycles. The summed E-state index contributed by atoms with van der Waals surface area (Å²) >= 11 is 34.5. The Labute approximate surface area is 616 Å². The molecule has 0 radical (unpaired) electrons. The molecule has 0 amide bonds. The molecular formula is C82H45Cl4N9OS5. The second-order valence-electron chi connectivity index (χ2n) is 23.4. The molecule has 20 aromatic rings. The molecule has 1 aliphatic rings. The van der Waals surface area contributed by atoms with Gasteiger partial charge in [-0.2, -0.15) is 4.98 Å². The summed E-state index contributed by atoms with van der Waals surface area (Å²) in [6.45, 7) is 0. The van der Waals surface area contributed by atoms with Crippen LogP contribution in [0.1, 0.15) is 0 Å². The Morgan fingerprint density at radius 1 is 0.277 bits per heavy atom. The van der Waals surface area contributed by atoms with Crippen LogP contribution < -0.4 is 0 Å². The number of para-hydroxylation sites is 3. The Kier molecular flexibility index (Phi) is 16.7. The SMILES string of the molecule is Clc1nc(-c2ccc3c(c2)Sc2ccccc2S3)nc2sc3ccccc3c12.Clc1nc(-c2ccc3c(c2)c2ccccc2n3-c2ccccc2)nc2sc3ccccc3c12.Clc1nc(-c2ccccc2)nc2oc3ccccc3c12.Clc1nc(-c2ccccc2)nc2sc3ccccc3c12. The van der Waals surface area contributed by atoms with E-state index in [-0.39, 0.29) is 0 Å². The maximum Gasteiger partial charge on any atom is 0.232 e. The first-order chi connectivity index (χ1) is 49.7. The van der Waals surface area contributed by atoms with E-state index in [9.17, 15) is 0 Å². The van der Waals surface area contributed by atoms with Crippen LogP contribution in [0.2, 0.25) is 20.6 Å². The van der Waals surface area contributed by atoms with Gasteiger partial charge < -0.3 is 8.98 Å². The lowest BCUT2D eigenvalue weighted by molar-refractivity contribution is 0.653. The highest BCUT2D eigenvalue weighted by molar-refractivity contribution is 8.05. The van der Waals surface area contributed by atoms with E-state index >= 15 is 0 Å². The summed E-state index contributed by atoms with van der Waals surface area (Å²) in [5.41, 5.74) is 8.60. The Morgan fingerprint density at radius 2 is 0.663 bits per heavy atom. The lowest BCUT2D eigenvalue weighted by atomic mass is 10.1. The van der Waals surface area contributed by atoms with Crippen molar-refractivity contribution < 1.29 is 4.42 Å². The van der Waals surface area contributed by atoms with Gasteiger partial charge in [0.2, 0.25) is 5.71 Å². The van der Waals surface area contributed by atoms with Crippen LogP contribution in [-0.2, 0) is 0 Å². The van der Waals surface area contributed by atoms with Gasteiger partial charge in [0.25, 0.3) is 0 Å². The number of furan rings is 1. The molecule has 0 saturated heterocycles. The first-order valence-corrected chi connectivity index (χ1v) is 37.5. The predicted molar refractivity (Wildman–Crippen MR) is 425 cm³/mol. The third-order valence-corrected chi connectivity index (χ3v) is 24.1. The fourth-order valence-corrected chi connectivity index (χ4v) is 19.4. The molecule has 10 heterocycles. The van der Waals surface area contributed by atoms with Gasteiger partial charge in [-0.3, -0.25) is 0 Å². The molecule has 11 aromatic carbocycles. The van der Waals surface area contributed by atoms with Crippen molar-refractivity contribution >= 4 is 209 Å². The third-order valence-electron chi connectivity index (χ3n) is 17.3. The number of thiophene rings is 3. The molecule has 10 nitrogen and oxygen atoms in total. The van der Waals surface area contributed by atoms with Crippen LogP contribution in [-0.4, -0.2) is 44.4 Å². The van der Waals surface area contributed by atoms with Crippen molar-refractivity contribution in [1.82, 2.24) is 44.4 Å². The second-order valence-corrected chi connectivity index (χ2v) is 30.1. The summed E-state index contributed by atoms with van der Waals surface area (Å²) < 4.78 is 11.6. The van der Waals surface area contributed by atoms with Crippen LogP contribution in [0.4, 0.5) is 0 Å². The summed E-state index contributed by atoms with van der Waals surface area (Å²) in [5.74, 6) is 2.57. The van der Waals surface area contributed by atoms with Crippen LogP contribution in [0.15, 0.2) is 297 Å². The predicted octanol–water partition coefficient (Wildman–Crippen LogP) is 25.9. The van der Waals surface area contributed by atoms with Crippen molar-refractivity contribution in [2.75, 3.05) is 0 Å². The minimum atomic E-state index is 0.416. The van der Waals surface area contributed by atoms with Gasteiger partial charge in [-0.05, 0) is 91.0 Å². The number of rotatable bonds is 5. The molecule has 1 aliphatic heterocycles. The van der Waals surface area contributed by atoms with Crippen LogP contribution in [0.3, 0.4) is 0 Å². The zero-order valence-electron chi connectivity index (χ0n) is 52.5. The van der Waals surface area contributed by atoms with Gasteiger partial charge in [0, 0.05) is 93.9 Å². The van der Waals surface area contributed by atoms with E-state index in [0.29, 0.717) is 49.6 Å². The Morgan fingerprint density at radius 3 is 1.21 bits per heavy atom. The number of hydrogen-bond donors (Lipinski definition) is 0. The van der Waals surface area contributed by atoms with Gasteiger partial charge in [0.05, 0.1) is 32.6 Å². The first kappa shape index (κ1) is 63.1.